The maximum atomic E-state index is 12.6. The maximum absolute atomic E-state index is 12.6. The molecule has 0 spiro atoms. The molecule has 3 amide bonds. The van der Waals surface area contributed by atoms with E-state index >= 15 is 0 Å². The molecule has 1 aromatic rings. The van der Waals surface area contributed by atoms with Crippen LogP contribution in [0.4, 0.5) is 5.69 Å². The van der Waals surface area contributed by atoms with Crippen LogP contribution in [0.5, 0.6) is 0 Å². The van der Waals surface area contributed by atoms with Gasteiger partial charge in [-0.15, -0.1) is 0 Å². The fourth-order valence-electron chi connectivity index (χ4n) is 3.23. The molecule has 0 unspecified atom stereocenters. The first-order valence-corrected chi connectivity index (χ1v) is 9.12. The van der Waals surface area contributed by atoms with E-state index in [-0.39, 0.29) is 48.2 Å². The van der Waals surface area contributed by atoms with Gasteiger partial charge in [0, 0.05) is 24.9 Å². The van der Waals surface area contributed by atoms with E-state index in [9.17, 15) is 19.2 Å². The van der Waals surface area contributed by atoms with Crippen molar-refractivity contribution in [3.8, 4) is 0 Å². The third kappa shape index (κ3) is 4.53. The fourth-order valence-corrected chi connectivity index (χ4v) is 3.23. The number of carbonyl (C=O) groups is 4. The van der Waals surface area contributed by atoms with Gasteiger partial charge in [0.25, 0.3) is 5.91 Å². The van der Waals surface area contributed by atoms with Crippen molar-refractivity contribution in [2.24, 2.45) is 0 Å². The smallest absolute Gasteiger partial charge is 0.338 e. The van der Waals surface area contributed by atoms with Crippen LogP contribution in [0, 0.1) is 0 Å². The Kier molecular flexibility index (Phi) is 6.36. The molecule has 0 radical (unpaired) electrons. The van der Waals surface area contributed by atoms with Crippen molar-refractivity contribution < 1.29 is 23.9 Å². The summed E-state index contributed by atoms with van der Waals surface area (Å²) in [4.78, 5) is 51.6. The summed E-state index contributed by atoms with van der Waals surface area (Å²) < 4.78 is 5.33. The van der Waals surface area contributed by atoms with Crippen molar-refractivity contribution in [3.05, 3.63) is 29.8 Å². The van der Waals surface area contributed by atoms with E-state index in [4.69, 9.17) is 4.74 Å². The fraction of sp³-hybridized carbons (Fsp3) is 0.500. The van der Waals surface area contributed by atoms with Gasteiger partial charge in [0.2, 0.25) is 11.8 Å². The summed E-state index contributed by atoms with van der Waals surface area (Å²) >= 11 is 0. The minimum atomic E-state index is -0.944. The summed E-state index contributed by atoms with van der Waals surface area (Å²) in [6.07, 6.45) is -0.612. The molecule has 1 heterocycles. The molecule has 1 aromatic carbocycles. The molecule has 7 heteroatoms. The van der Waals surface area contributed by atoms with Crippen LogP contribution in [-0.2, 0) is 19.1 Å². The molecule has 146 valence electrons. The van der Waals surface area contributed by atoms with Crippen LogP contribution >= 0.6 is 0 Å². The Balaban J connectivity index is 2.14. The van der Waals surface area contributed by atoms with Crippen LogP contribution in [0.2, 0.25) is 0 Å². The lowest BCUT2D eigenvalue weighted by Crippen LogP contribution is -2.47. The summed E-state index contributed by atoms with van der Waals surface area (Å²) in [6, 6.07) is 6.08. The highest BCUT2D eigenvalue weighted by Crippen LogP contribution is 2.24. The molecule has 0 aliphatic carbocycles. The molecule has 1 aliphatic rings. The minimum absolute atomic E-state index is 0.0193. The molecule has 1 fully saturated rings. The maximum Gasteiger partial charge on any atom is 0.338 e. The van der Waals surface area contributed by atoms with Crippen LogP contribution < -0.4 is 4.90 Å². The summed E-state index contributed by atoms with van der Waals surface area (Å²) in [5.74, 6) is -1.53. The predicted molar refractivity (Wildman–Crippen MR) is 100 cm³/mol. The van der Waals surface area contributed by atoms with Gasteiger partial charge in [-0.25, -0.2) is 4.79 Å². The van der Waals surface area contributed by atoms with Crippen molar-refractivity contribution in [2.75, 3.05) is 4.90 Å². The van der Waals surface area contributed by atoms with E-state index in [2.05, 4.69) is 0 Å². The van der Waals surface area contributed by atoms with Crippen molar-refractivity contribution in [1.82, 2.24) is 4.90 Å². The molecule has 7 nitrogen and oxygen atoms in total. The van der Waals surface area contributed by atoms with Gasteiger partial charge in [-0.2, -0.15) is 0 Å². The van der Waals surface area contributed by atoms with Gasteiger partial charge in [0.15, 0.2) is 6.10 Å². The lowest BCUT2D eigenvalue weighted by molar-refractivity contribution is -0.143. The SMILES string of the molecule is CC(C)N(C(=O)[C@H](C)OC(=O)c1cccc(N2C(=O)CCC2=O)c1)C(C)C. The van der Waals surface area contributed by atoms with E-state index in [1.807, 2.05) is 27.7 Å². The summed E-state index contributed by atoms with van der Waals surface area (Å²) in [7, 11) is 0. The first kappa shape index (κ1) is 20.6. The molecule has 1 atom stereocenters. The number of anilines is 1. The Morgan fingerprint density at radius 3 is 2.07 bits per heavy atom. The molecule has 1 aliphatic heterocycles. The highest BCUT2D eigenvalue weighted by Gasteiger charge is 2.31. The van der Waals surface area contributed by atoms with E-state index in [0.717, 1.165) is 4.90 Å². The average molecular weight is 374 g/mol. The summed E-state index contributed by atoms with van der Waals surface area (Å²) in [5, 5.41) is 0. The first-order chi connectivity index (χ1) is 12.6. The monoisotopic (exact) mass is 374 g/mol. The number of imide groups is 1. The number of ether oxygens (including phenoxy) is 1. The largest absolute Gasteiger partial charge is 0.449 e. The second-order valence-electron chi connectivity index (χ2n) is 7.15. The predicted octanol–water partition coefficient (Wildman–Crippen LogP) is 2.53. The zero-order valence-corrected chi connectivity index (χ0v) is 16.4. The van der Waals surface area contributed by atoms with Gasteiger partial charge in [0.05, 0.1) is 11.3 Å². The number of carbonyl (C=O) groups excluding carboxylic acids is 4. The third-order valence-corrected chi connectivity index (χ3v) is 4.39. The molecule has 1 saturated heterocycles. The zero-order valence-electron chi connectivity index (χ0n) is 16.4. The Labute approximate surface area is 159 Å². The lowest BCUT2D eigenvalue weighted by atomic mass is 10.1. The number of hydrogen-bond acceptors (Lipinski definition) is 5. The van der Waals surface area contributed by atoms with Crippen molar-refractivity contribution in [2.45, 2.75) is 65.6 Å². The minimum Gasteiger partial charge on any atom is -0.449 e. The van der Waals surface area contributed by atoms with E-state index in [1.54, 1.807) is 17.0 Å². The van der Waals surface area contributed by atoms with Crippen molar-refractivity contribution >= 4 is 29.4 Å². The summed E-state index contributed by atoms with van der Waals surface area (Å²) in [5.41, 5.74) is 0.516. The molecule has 2 rings (SSSR count). The van der Waals surface area contributed by atoms with Crippen molar-refractivity contribution in [1.29, 1.82) is 0 Å². The molecule has 0 aromatic heterocycles. The van der Waals surface area contributed by atoms with E-state index < -0.39 is 12.1 Å². The van der Waals surface area contributed by atoms with Crippen LogP contribution in [0.15, 0.2) is 24.3 Å². The van der Waals surface area contributed by atoms with Crippen LogP contribution in [0.25, 0.3) is 0 Å². The average Bonchev–Trinajstić information content (AvgIpc) is 2.92. The Morgan fingerprint density at radius 2 is 1.56 bits per heavy atom. The van der Waals surface area contributed by atoms with E-state index in [1.165, 1.54) is 19.1 Å². The Hall–Kier alpha value is -2.70. The molecular weight excluding hydrogens is 348 g/mol. The molecular formula is C20H26N2O5. The van der Waals surface area contributed by atoms with Gasteiger partial charge >= 0.3 is 5.97 Å². The van der Waals surface area contributed by atoms with Crippen LogP contribution in [0.1, 0.15) is 57.8 Å². The molecule has 0 N–H and O–H groups in total. The first-order valence-electron chi connectivity index (χ1n) is 9.12. The molecule has 0 bridgehead atoms. The number of nitrogens with zero attached hydrogens (tertiary/aromatic N) is 2. The number of benzene rings is 1. The van der Waals surface area contributed by atoms with Gasteiger partial charge in [-0.3, -0.25) is 19.3 Å². The zero-order chi connectivity index (χ0) is 20.3. The standard InChI is InChI=1S/C20H26N2O5/c1-12(2)21(13(3)4)19(25)14(5)27-20(26)15-7-6-8-16(11-15)22-17(23)9-10-18(22)24/h6-8,11-14H,9-10H2,1-5H3/t14-/m0/s1. The van der Waals surface area contributed by atoms with Gasteiger partial charge < -0.3 is 9.64 Å². The second kappa shape index (κ2) is 8.33. The Bertz CT molecular complexity index is 732. The van der Waals surface area contributed by atoms with Gasteiger partial charge in [-0.1, -0.05) is 6.07 Å². The number of rotatable bonds is 6. The molecule has 0 saturated carbocycles. The number of hydrogen-bond donors (Lipinski definition) is 0. The Morgan fingerprint density at radius 1 is 1.00 bits per heavy atom. The van der Waals surface area contributed by atoms with Crippen LogP contribution in [0.3, 0.4) is 0 Å². The topological polar surface area (TPSA) is 84.0 Å². The normalized spacial score (nSPS) is 15.4. The summed E-state index contributed by atoms with van der Waals surface area (Å²) in [6.45, 7) is 9.15. The van der Waals surface area contributed by atoms with Gasteiger partial charge in [-0.05, 0) is 52.8 Å². The van der Waals surface area contributed by atoms with Crippen LogP contribution in [-0.4, -0.2) is 46.8 Å². The second-order valence-corrected chi connectivity index (χ2v) is 7.15. The lowest BCUT2D eigenvalue weighted by Gasteiger charge is -2.32. The van der Waals surface area contributed by atoms with Crippen molar-refractivity contribution in [3.63, 3.8) is 0 Å². The number of amides is 3. The van der Waals surface area contributed by atoms with Gasteiger partial charge in [0.1, 0.15) is 0 Å². The third-order valence-electron chi connectivity index (χ3n) is 4.39. The van der Waals surface area contributed by atoms with E-state index in [0.29, 0.717) is 5.69 Å². The highest BCUT2D eigenvalue weighted by atomic mass is 16.5. The number of esters is 1. The molecule has 27 heavy (non-hydrogen) atoms. The highest BCUT2D eigenvalue weighted by molar-refractivity contribution is 6.20. The quantitative estimate of drug-likeness (QED) is 0.564.